The van der Waals surface area contributed by atoms with Crippen LogP contribution < -0.4 is 10.6 Å². The normalized spacial score (nSPS) is 12.6. The van der Waals surface area contributed by atoms with Crippen molar-refractivity contribution in [3.8, 4) is 0 Å². The minimum atomic E-state index is -1.07. The Balaban J connectivity index is 2.68. The molecule has 1 aromatic rings. The summed E-state index contributed by atoms with van der Waals surface area (Å²) in [6.45, 7) is 5.23. The van der Waals surface area contributed by atoms with Crippen molar-refractivity contribution in [1.29, 1.82) is 0 Å². The molecule has 0 aromatic heterocycles. The molecule has 2 amide bonds. The van der Waals surface area contributed by atoms with Crippen LogP contribution >= 0.6 is 11.6 Å². The number of rotatable bonds is 3. The fraction of sp³-hybridized carbons (Fsp3) is 0.385. The van der Waals surface area contributed by atoms with E-state index >= 15 is 0 Å². The fourth-order valence-electron chi connectivity index (χ4n) is 1.48. The van der Waals surface area contributed by atoms with E-state index in [1.165, 1.54) is 0 Å². The molecule has 0 fully saturated rings. The zero-order valence-corrected chi connectivity index (χ0v) is 11.8. The van der Waals surface area contributed by atoms with Crippen molar-refractivity contribution in [2.45, 2.75) is 26.8 Å². The highest BCUT2D eigenvalue weighted by atomic mass is 35.5. The molecule has 6 heteroatoms. The SMILES string of the molecule is CC(C)(C)[C@H](NC(=O)Nc1ccc(Cl)cc1)C(=O)O. The van der Waals surface area contributed by atoms with Crippen LogP contribution in [0.2, 0.25) is 5.02 Å². The van der Waals surface area contributed by atoms with Crippen LogP contribution in [-0.4, -0.2) is 23.1 Å². The first-order valence-electron chi connectivity index (χ1n) is 5.76. The van der Waals surface area contributed by atoms with Crippen molar-refractivity contribution in [1.82, 2.24) is 5.32 Å². The molecule has 0 radical (unpaired) electrons. The molecule has 0 aliphatic carbocycles. The first-order valence-corrected chi connectivity index (χ1v) is 6.14. The van der Waals surface area contributed by atoms with E-state index in [4.69, 9.17) is 16.7 Å². The van der Waals surface area contributed by atoms with Gasteiger partial charge in [0.25, 0.3) is 0 Å². The molecule has 0 unspecified atom stereocenters. The number of carboxylic acid groups (broad SMARTS) is 1. The van der Waals surface area contributed by atoms with Crippen LogP contribution in [0.3, 0.4) is 0 Å². The van der Waals surface area contributed by atoms with Crippen molar-refractivity contribution < 1.29 is 14.7 Å². The second-order valence-electron chi connectivity index (χ2n) is 5.24. The summed E-state index contributed by atoms with van der Waals surface area (Å²) in [4.78, 5) is 22.9. The third kappa shape index (κ3) is 4.79. The lowest BCUT2D eigenvalue weighted by atomic mass is 9.87. The van der Waals surface area contributed by atoms with Crippen molar-refractivity contribution in [3.63, 3.8) is 0 Å². The van der Waals surface area contributed by atoms with Gasteiger partial charge in [-0.05, 0) is 29.7 Å². The molecule has 0 aliphatic heterocycles. The molecular formula is C13H17ClN2O3. The van der Waals surface area contributed by atoms with Crippen molar-refractivity contribution in [2.24, 2.45) is 5.41 Å². The average molecular weight is 285 g/mol. The smallest absolute Gasteiger partial charge is 0.326 e. The largest absolute Gasteiger partial charge is 0.480 e. The number of benzene rings is 1. The number of amides is 2. The summed E-state index contributed by atoms with van der Waals surface area (Å²) >= 11 is 5.73. The van der Waals surface area contributed by atoms with Gasteiger partial charge >= 0.3 is 12.0 Å². The summed E-state index contributed by atoms with van der Waals surface area (Å²) in [5, 5.41) is 14.7. The second kappa shape index (κ2) is 5.93. The van der Waals surface area contributed by atoms with Crippen LogP contribution in [0.15, 0.2) is 24.3 Å². The van der Waals surface area contributed by atoms with Gasteiger partial charge in [-0.15, -0.1) is 0 Å². The summed E-state index contributed by atoms with van der Waals surface area (Å²) in [6.07, 6.45) is 0. The lowest BCUT2D eigenvalue weighted by molar-refractivity contribution is -0.141. The number of carbonyl (C=O) groups excluding carboxylic acids is 1. The van der Waals surface area contributed by atoms with E-state index < -0.39 is 23.5 Å². The maximum Gasteiger partial charge on any atom is 0.326 e. The molecule has 104 valence electrons. The standard InChI is InChI=1S/C13H17ClN2O3/c1-13(2,3)10(11(17)18)16-12(19)15-9-6-4-8(14)5-7-9/h4-7,10H,1-3H3,(H,17,18)(H2,15,16,19)/t10-/m1/s1. The molecule has 5 nitrogen and oxygen atoms in total. The maximum absolute atomic E-state index is 11.7. The Hall–Kier alpha value is -1.75. The molecular weight excluding hydrogens is 268 g/mol. The van der Waals surface area contributed by atoms with Crippen molar-refractivity contribution in [2.75, 3.05) is 5.32 Å². The number of halogens is 1. The molecule has 0 heterocycles. The lowest BCUT2D eigenvalue weighted by Gasteiger charge is -2.27. The molecule has 1 atom stereocenters. The molecule has 19 heavy (non-hydrogen) atoms. The van der Waals surface area contributed by atoms with E-state index in [9.17, 15) is 9.59 Å². The Bertz CT molecular complexity index is 466. The van der Waals surface area contributed by atoms with Crippen LogP contribution in [0.1, 0.15) is 20.8 Å². The fourth-order valence-corrected chi connectivity index (χ4v) is 1.61. The molecule has 3 N–H and O–H groups in total. The Morgan fingerprint density at radius 3 is 2.16 bits per heavy atom. The summed E-state index contributed by atoms with van der Waals surface area (Å²) in [5.74, 6) is -1.07. The Morgan fingerprint density at radius 1 is 1.21 bits per heavy atom. The summed E-state index contributed by atoms with van der Waals surface area (Å²) in [6, 6.07) is 5.00. The minimum absolute atomic E-state index is 0.542. The Morgan fingerprint density at radius 2 is 1.74 bits per heavy atom. The Labute approximate surface area is 117 Å². The summed E-state index contributed by atoms with van der Waals surface area (Å²) in [5.41, 5.74) is -0.0386. The lowest BCUT2D eigenvalue weighted by Crippen LogP contribution is -2.50. The number of anilines is 1. The van der Waals surface area contributed by atoms with Crippen LogP contribution in [0.5, 0.6) is 0 Å². The summed E-state index contributed by atoms with van der Waals surface area (Å²) < 4.78 is 0. The molecule has 0 saturated heterocycles. The van der Waals surface area contributed by atoms with Gasteiger partial charge in [0.2, 0.25) is 0 Å². The van der Waals surface area contributed by atoms with Crippen LogP contribution in [-0.2, 0) is 4.79 Å². The topological polar surface area (TPSA) is 78.4 Å². The Kier molecular flexibility index (Phi) is 4.78. The number of carbonyl (C=O) groups is 2. The third-order valence-corrected chi connectivity index (χ3v) is 2.74. The average Bonchev–Trinajstić information content (AvgIpc) is 2.27. The maximum atomic E-state index is 11.7. The highest BCUT2D eigenvalue weighted by molar-refractivity contribution is 6.30. The zero-order valence-electron chi connectivity index (χ0n) is 11.0. The van der Waals surface area contributed by atoms with E-state index in [1.807, 2.05) is 0 Å². The number of carboxylic acids is 1. The van der Waals surface area contributed by atoms with Gasteiger partial charge in [0.1, 0.15) is 6.04 Å². The van der Waals surface area contributed by atoms with E-state index in [0.29, 0.717) is 10.7 Å². The third-order valence-electron chi connectivity index (χ3n) is 2.49. The molecule has 1 rings (SSSR count). The van der Waals surface area contributed by atoms with E-state index in [1.54, 1.807) is 45.0 Å². The van der Waals surface area contributed by atoms with Gasteiger partial charge in [0, 0.05) is 10.7 Å². The van der Waals surface area contributed by atoms with Crippen LogP contribution in [0, 0.1) is 5.41 Å². The van der Waals surface area contributed by atoms with Gasteiger partial charge in [-0.2, -0.15) is 0 Å². The zero-order chi connectivity index (χ0) is 14.6. The van der Waals surface area contributed by atoms with Crippen LogP contribution in [0.25, 0.3) is 0 Å². The number of nitrogens with one attached hydrogen (secondary N) is 2. The number of hydrogen-bond donors (Lipinski definition) is 3. The van der Waals surface area contributed by atoms with Gasteiger partial charge in [0.15, 0.2) is 0 Å². The molecule has 1 aromatic carbocycles. The van der Waals surface area contributed by atoms with Gasteiger partial charge in [-0.3, -0.25) is 0 Å². The predicted octanol–water partition coefficient (Wildman–Crippen LogP) is 2.96. The highest BCUT2D eigenvalue weighted by Crippen LogP contribution is 2.20. The van der Waals surface area contributed by atoms with Crippen LogP contribution in [0.4, 0.5) is 10.5 Å². The highest BCUT2D eigenvalue weighted by Gasteiger charge is 2.32. The van der Waals surface area contributed by atoms with Crippen molar-refractivity contribution in [3.05, 3.63) is 29.3 Å². The minimum Gasteiger partial charge on any atom is -0.480 e. The molecule has 0 saturated carbocycles. The first kappa shape index (κ1) is 15.3. The molecule has 0 spiro atoms. The van der Waals surface area contributed by atoms with Gasteiger partial charge in [-0.25, -0.2) is 9.59 Å². The van der Waals surface area contributed by atoms with E-state index in [-0.39, 0.29) is 0 Å². The molecule has 0 bridgehead atoms. The van der Waals surface area contributed by atoms with Gasteiger partial charge in [0.05, 0.1) is 0 Å². The predicted molar refractivity (Wildman–Crippen MR) is 74.5 cm³/mol. The van der Waals surface area contributed by atoms with Gasteiger partial charge < -0.3 is 15.7 Å². The quantitative estimate of drug-likeness (QED) is 0.798. The number of aliphatic carboxylic acids is 1. The number of urea groups is 1. The van der Waals surface area contributed by atoms with Crippen molar-refractivity contribution >= 4 is 29.3 Å². The number of hydrogen-bond acceptors (Lipinski definition) is 2. The van der Waals surface area contributed by atoms with E-state index in [0.717, 1.165) is 0 Å². The first-order chi connectivity index (χ1) is 8.70. The van der Waals surface area contributed by atoms with Gasteiger partial charge in [-0.1, -0.05) is 32.4 Å². The monoisotopic (exact) mass is 284 g/mol. The molecule has 0 aliphatic rings. The summed E-state index contributed by atoms with van der Waals surface area (Å²) in [7, 11) is 0. The second-order valence-corrected chi connectivity index (χ2v) is 5.68. The van der Waals surface area contributed by atoms with E-state index in [2.05, 4.69) is 10.6 Å².